The highest BCUT2D eigenvalue weighted by Crippen LogP contribution is 2.41. The number of aryl methyl sites for hydroxylation is 1. The monoisotopic (exact) mass is 359 g/mol. The van der Waals surface area contributed by atoms with E-state index in [4.69, 9.17) is 14.4 Å². The Balaban J connectivity index is 1.38. The van der Waals surface area contributed by atoms with Gasteiger partial charge in [0.25, 0.3) is 5.88 Å². The van der Waals surface area contributed by atoms with E-state index in [1.807, 2.05) is 0 Å². The summed E-state index contributed by atoms with van der Waals surface area (Å²) in [7, 11) is 0. The molecule has 1 N–H and O–H groups in total. The molecule has 26 heavy (non-hydrogen) atoms. The lowest BCUT2D eigenvalue weighted by atomic mass is 9.77. The summed E-state index contributed by atoms with van der Waals surface area (Å²) < 4.78 is 38.6. The van der Waals surface area contributed by atoms with Crippen molar-refractivity contribution in [3.05, 3.63) is 53.4 Å². The van der Waals surface area contributed by atoms with Gasteiger partial charge in [0.2, 0.25) is 5.88 Å². The minimum Gasteiger partial charge on any atom is -0.491 e. The van der Waals surface area contributed by atoms with Crippen molar-refractivity contribution < 1.29 is 23.1 Å². The van der Waals surface area contributed by atoms with Gasteiger partial charge in [0, 0.05) is 5.56 Å². The molecule has 6 nitrogen and oxygen atoms in total. The number of benzene rings is 1. The summed E-state index contributed by atoms with van der Waals surface area (Å²) in [6.45, 7) is 1.66. The lowest BCUT2D eigenvalue weighted by molar-refractivity contribution is 0.0904. The molecule has 1 fully saturated rings. The molecule has 4 rings (SSSR count). The molecule has 134 valence electrons. The predicted molar refractivity (Wildman–Crippen MR) is 86.7 cm³/mol. The Morgan fingerprint density at radius 3 is 2.42 bits per heavy atom. The average molecular weight is 359 g/mol. The molecule has 2 heterocycles. The topological polar surface area (TPSA) is 81.3 Å². The van der Waals surface area contributed by atoms with Gasteiger partial charge in [0.05, 0.1) is 18.5 Å². The molecule has 8 heteroatoms. The first kappa shape index (κ1) is 16.4. The SMILES string of the molecule is Cc1cc(F)c([C@H]2C[C@@H](Oc3cnc(-c4cc(O)no4)cn3)C2)c(F)c1. The number of hydrogen-bond acceptors (Lipinski definition) is 6. The maximum Gasteiger partial charge on any atom is 0.252 e. The second kappa shape index (κ2) is 6.36. The standard InChI is InChI=1S/C18H15F2N3O3/c1-9-2-12(19)18(13(20)3-9)10-4-11(5-10)25-17-8-21-14(7-22-17)15-6-16(24)23-26-15/h2-3,6-8,10-11H,4-5H2,1H3,(H,23,24)/t10-,11+. The van der Waals surface area contributed by atoms with E-state index >= 15 is 0 Å². The van der Waals surface area contributed by atoms with Gasteiger partial charge in [-0.1, -0.05) is 0 Å². The number of rotatable bonds is 4. The van der Waals surface area contributed by atoms with Gasteiger partial charge in [-0.3, -0.25) is 0 Å². The Labute approximate surface area is 147 Å². The molecule has 0 atom stereocenters. The summed E-state index contributed by atoms with van der Waals surface area (Å²) in [6, 6.07) is 4.02. The van der Waals surface area contributed by atoms with Crippen LogP contribution in [0.1, 0.15) is 29.9 Å². The largest absolute Gasteiger partial charge is 0.491 e. The predicted octanol–water partition coefficient (Wildman–Crippen LogP) is 3.75. The second-order valence-corrected chi connectivity index (χ2v) is 6.34. The van der Waals surface area contributed by atoms with E-state index in [9.17, 15) is 8.78 Å². The molecule has 0 unspecified atom stereocenters. The van der Waals surface area contributed by atoms with E-state index in [1.54, 1.807) is 6.92 Å². The van der Waals surface area contributed by atoms with Gasteiger partial charge >= 0.3 is 0 Å². The molecular weight excluding hydrogens is 344 g/mol. The third-order valence-electron chi connectivity index (χ3n) is 4.39. The molecule has 2 aromatic heterocycles. The average Bonchev–Trinajstić information content (AvgIpc) is 2.98. The van der Waals surface area contributed by atoms with E-state index in [2.05, 4.69) is 15.1 Å². The van der Waals surface area contributed by atoms with Crippen molar-refractivity contribution in [3.8, 4) is 23.2 Å². The van der Waals surface area contributed by atoms with Crippen LogP contribution in [0.3, 0.4) is 0 Å². The highest BCUT2D eigenvalue weighted by atomic mass is 19.1. The Morgan fingerprint density at radius 2 is 1.85 bits per heavy atom. The van der Waals surface area contributed by atoms with Crippen molar-refractivity contribution in [3.63, 3.8) is 0 Å². The molecule has 3 aromatic rings. The highest BCUT2D eigenvalue weighted by molar-refractivity contribution is 5.51. The van der Waals surface area contributed by atoms with Crippen LogP contribution in [-0.4, -0.2) is 26.3 Å². The fourth-order valence-electron chi connectivity index (χ4n) is 3.06. The number of aromatic nitrogens is 3. The van der Waals surface area contributed by atoms with Gasteiger partial charge < -0.3 is 14.4 Å². The molecule has 0 radical (unpaired) electrons. The van der Waals surface area contributed by atoms with Crippen LogP contribution in [0, 0.1) is 18.6 Å². The smallest absolute Gasteiger partial charge is 0.252 e. The van der Waals surface area contributed by atoms with Crippen molar-refractivity contribution in [2.24, 2.45) is 0 Å². The summed E-state index contributed by atoms with van der Waals surface area (Å²) in [5.74, 6) is -0.861. The van der Waals surface area contributed by atoms with Crippen molar-refractivity contribution >= 4 is 0 Å². The van der Waals surface area contributed by atoms with Gasteiger partial charge in [-0.15, -0.1) is 0 Å². The highest BCUT2D eigenvalue weighted by Gasteiger charge is 2.36. The van der Waals surface area contributed by atoms with Crippen LogP contribution < -0.4 is 4.74 Å². The number of nitrogens with zero attached hydrogens (tertiary/aromatic N) is 3. The summed E-state index contributed by atoms with van der Waals surface area (Å²) in [4.78, 5) is 8.26. The van der Waals surface area contributed by atoms with Crippen LogP contribution in [0.4, 0.5) is 8.78 Å². The maximum atomic E-state index is 14.0. The molecule has 0 amide bonds. The van der Waals surface area contributed by atoms with E-state index in [-0.39, 0.29) is 29.2 Å². The maximum absolute atomic E-state index is 14.0. The Kier molecular flexibility index (Phi) is 4.02. The van der Waals surface area contributed by atoms with Crippen LogP contribution in [0.25, 0.3) is 11.5 Å². The molecule has 0 spiro atoms. The first-order valence-electron chi connectivity index (χ1n) is 8.10. The molecule has 0 saturated heterocycles. The Bertz CT molecular complexity index is 914. The van der Waals surface area contributed by atoms with Gasteiger partial charge in [-0.25, -0.2) is 18.7 Å². The normalized spacial score (nSPS) is 19.2. The molecule has 0 aliphatic heterocycles. The zero-order valence-corrected chi connectivity index (χ0v) is 13.8. The zero-order valence-electron chi connectivity index (χ0n) is 13.8. The Hall–Kier alpha value is -3.03. The quantitative estimate of drug-likeness (QED) is 0.764. The molecular formula is C18H15F2N3O3. The third-order valence-corrected chi connectivity index (χ3v) is 4.39. The van der Waals surface area contributed by atoms with Gasteiger partial charge in [-0.2, -0.15) is 0 Å². The van der Waals surface area contributed by atoms with Crippen LogP contribution in [0.15, 0.2) is 35.1 Å². The van der Waals surface area contributed by atoms with Crippen molar-refractivity contribution in [2.45, 2.75) is 31.8 Å². The van der Waals surface area contributed by atoms with E-state index in [1.165, 1.54) is 30.6 Å². The minimum atomic E-state index is -0.509. The van der Waals surface area contributed by atoms with Gasteiger partial charge in [0.1, 0.15) is 23.4 Å². The first-order chi connectivity index (χ1) is 12.5. The summed E-state index contributed by atoms with van der Waals surface area (Å²) in [5.41, 5.74) is 1.09. The lowest BCUT2D eigenvalue weighted by Gasteiger charge is -2.35. The van der Waals surface area contributed by atoms with Crippen LogP contribution in [-0.2, 0) is 0 Å². The van der Waals surface area contributed by atoms with Crippen LogP contribution >= 0.6 is 0 Å². The van der Waals surface area contributed by atoms with Gasteiger partial charge in [0.15, 0.2) is 5.76 Å². The van der Waals surface area contributed by atoms with Gasteiger partial charge in [-0.05, 0) is 48.5 Å². The number of halogens is 2. The summed E-state index contributed by atoms with van der Waals surface area (Å²) in [6.07, 6.45) is 3.71. The van der Waals surface area contributed by atoms with Crippen molar-refractivity contribution in [1.29, 1.82) is 0 Å². The third kappa shape index (κ3) is 3.10. The van der Waals surface area contributed by atoms with Crippen LogP contribution in [0.2, 0.25) is 0 Å². The van der Waals surface area contributed by atoms with E-state index in [0.29, 0.717) is 30.0 Å². The molecule has 0 bridgehead atoms. The molecule has 1 aromatic carbocycles. The van der Waals surface area contributed by atoms with E-state index < -0.39 is 11.6 Å². The van der Waals surface area contributed by atoms with E-state index in [0.717, 1.165) is 0 Å². The number of hydrogen-bond donors (Lipinski definition) is 1. The number of ether oxygens (including phenoxy) is 1. The number of aromatic hydroxyl groups is 1. The van der Waals surface area contributed by atoms with Crippen LogP contribution in [0.5, 0.6) is 11.8 Å². The molecule has 1 aliphatic rings. The minimum absolute atomic E-state index is 0.127. The summed E-state index contributed by atoms with van der Waals surface area (Å²) >= 11 is 0. The summed E-state index contributed by atoms with van der Waals surface area (Å²) in [5, 5.41) is 12.5. The lowest BCUT2D eigenvalue weighted by Crippen LogP contribution is -2.33. The zero-order chi connectivity index (χ0) is 18.3. The first-order valence-corrected chi connectivity index (χ1v) is 8.10. The second-order valence-electron chi connectivity index (χ2n) is 6.34. The molecule has 1 saturated carbocycles. The fraction of sp³-hybridized carbons (Fsp3) is 0.278. The van der Waals surface area contributed by atoms with Crippen molar-refractivity contribution in [2.75, 3.05) is 0 Å². The van der Waals surface area contributed by atoms with Crippen molar-refractivity contribution in [1.82, 2.24) is 15.1 Å². The molecule has 1 aliphatic carbocycles. The Morgan fingerprint density at radius 1 is 1.12 bits per heavy atom. The fourth-order valence-corrected chi connectivity index (χ4v) is 3.06.